The van der Waals surface area contributed by atoms with E-state index in [0.29, 0.717) is 16.4 Å². The Balaban J connectivity index is 1.83. The van der Waals surface area contributed by atoms with Crippen LogP contribution in [-0.2, 0) is 20.2 Å². The van der Waals surface area contributed by atoms with Crippen LogP contribution in [0.5, 0.6) is 0 Å². The molecule has 2 N–H and O–H groups in total. The summed E-state index contributed by atoms with van der Waals surface area (Å²) in [6.45, 7) is 3.40. The first-order chi connectivity index (χ1) is 13.3. The molecule has 0 saturated heterocycles. The maximum atomic E-state index is 13.2. The molecule has 0 unspecified atom stereocenters. The predicted octanol–water partition coefficient (Wildman–Crippen LogP) is 4.86. The molecule has 0 heterocycles. The molecular weight excluding hydrogens is 396 g/mol. The highest BCUT2D eigenvalue weighted by molar-refractivity contribution is 7.92. The highest BCUT2D eigenvalue weighted by Gasteiger charge is 2.42. The number of anilines is 2. The molecule has 1 fully saturated rings. The molecule has 1 saturated carbocycles. The summed E-state index contributed by atoms with van der Waals surface area (Å²) in [6, 6.07) is 12.7. The largest absolute Gasteiger partial charge is 0.325 e. The SMILES string of the molecule is CCS(=O)(=O)Nc1ccc(NC(=O)C2(c3ccc(Cl)cc3)CCCC2)cc1C. The third kappa shape index (κ3) is 4.33. The van der Waals surface area contributed by atoms with Crippen molar-refractivity contribution in [2.24, 2.45) is 0 Å². The summed E-state index contributed by atoms with van der Waals surface area (Å²) in [5, 5.41) is 3.68. The molecule has 28 heavy (non-hydrogen) atoms. The Morgan fingerprint density at radius 3 is 2.32 bits per heavy atom. The van der Waals surface area contributed by atoms with E-state index in [4.69, 9.17) is 11.6 Å². The number of benzene rings is 2. The van der Waals surface area contributed by atoms with Crippen molar-refractivity contribution >= 4 is 38.9 Å². The zero-order valence-corrected chi connectivity index (χ0v) is 17.7. The minimum absolute atomic E-state index is 0.00847. The normalized spacial score (nSPS) is 16.0. The average molecular weight is 421 g/mol. The van der Waals surface area contributed by atoms with Crippen LogP contribution in [0.15, 0.2) is 42.5 Å². The van der Waals surface area contributed by atoms with Crippen molar-refractivity contribution in [3.63, 3.8) is 0 Å². The van der Waals surface area contributed by atoms with Crippen LogP contribution >= 0.6 is 11.6 Å². The summed E-state index contributed by atoms with van der Waals surface area (Å²) < 4.78 is 26.1. The van der Waals surface area contributed by atoms with E-state index < -0.39 is 15.4 Å². The topological polar surface area (TPSA) is 75.3 Å². The standard InChI is InChI=1S/C21H25ClN2O3S/c1-3-28(26,27)24-19-11-10-18(14-15(19)2)23-20(25)21(12-4-5-13-21)16-6-8-17(22)9-7-16/h6-11,14,24H,3-5,12-13H2,1-2H3,(H,23,25). The zero-order chi connectivity index (χ0) is 20.4. The van der Waals surface area contributed by atoms with Gasteiger partial charge in [0.2, 0.25) is 15.9 Å². The Bertz CT molecular complexity index is 966. The smallest absolute Gasteiger partial charge is 0.235 e. The highest BCUT2D eigenvalue weighted by atomic mass is 35.5. The molecule has 0 bridgehead atoms. The van der Waals surface area contributed by atoms with E-state index in [2.05, 4.69) is 10.0 Å². The van der Waals surface area contributed by atoms with Crippen LogP contribution in [0, 0.1) is 6.92 Å². The van der Waals surface area contributed by atoms with Crippen molar-refractivity contribution in [3.8, 4) is 0 Å². The molecule has 1 aliphatic carbocycles. The summed E-state index contributed by atoms with van der Waals surface area (Å²) in [5.41, 5.74) is 2.36. The Hall–Kier alpha value is -2.05. The number of rotatable bonds is 6. The predicted molar refractivity (Wildman–Crippen MR) is 114 cm³/mol. The quantitative estimate of drug-likeness (QED) is 0.700. The fourth-order valence-corrected chi connectivity index (χ4v) is 4.58. The maximum Gasteiger partial charge on any atom is 0.235 e. The minimum Gasteiger partial charge on any atom is -0.325 e. The zero-order valence-electron chi connectivity index (χ0n) is 16.1. The maximum absolute atomic E-state index is 13.2. The van der Waals surface area contributed by atoms with Crippen LogP contribution in [0.25, 0.3) is 0 Å². The molecule has 0 atom stereocenters. The summed E-state index contributed by atoms with van der Waals surface area (Å²) in [5.74, 6) is -0.0252. The summed E-state index contributed by atoms with van der Waals surface area (Å²) >= 11 is 6.01. The minimum atomic E-state index is -3.34. The van der Waals surface area contributed by atoms with Gasteiger partial charge >= 0.3 is 0 Å². The second kappa shape index (κ2) is 8.13. The third-order valence-electron chi connectivity index (χ3n) is 5.42. The van der Waals surface area contributed by atoms with Gasteiger partial charge in [0.15, 0.2) is 0 Å². The molecule has 1 amide bonds. The van der Waals surface area contributed by atoms with Gasteiger partial charge in [-0.1, -0.05) is 36.6 Å². The summed E-state index contributed by atoms with van der Waals surface area (Å²) in [7, 11) is -3.34. The molecule has 0 spiro atoms. The molecular formula is C21H25ClN2O3S. The highest BCUT2D eigenvalue weighted by Crippen LogP contribution is 2.42. The first kappa shape index (κ1) is 20.7. The molecule has 7 heteroatoms. The van der Waals surface area contributed by atoms with E-state index in [1.807, 2.05) is 31.2 Å². The van der Waals surface area contributed by atoms with Gasteiger partial charge < -0.3 is 5.32 Å². The van der Waals surface area contributed by atoms with Gasteiger partial charge in [-0.15, -0.1) is 0 Å². The fourth-order valence-electron chi connectivity index (χ4n) is 3.74. The number of aryl methyl sites for hydroxylation is 1. The molecule has 150 valence electrons. The number of sulfonamides is 1. The Labute approximate surface area is 171 Å². The van der Waals surface area contributed by atoms with Crippen molar-refractivity contribution in [2.45, 2.75) is 44.9 Å². The number of carbonyl (C=O) groups excluding carboxylic acids is 1. The van der Waals surface area contributed by atoms with Crippen LogP contribution in [0.4, 0.5) is 11.4 Å². The lowest BCUT2D eigenvalue weighted by Crippen LogP contribution is -2.38. The van der Waals surface area contributed by atoms with E-state index in [1.54, 1.807) is 25.1 Å². The van der Waals surface area contributed by atoms with E-state index in [0.717, 1.165) is 36.8 Å². The number of halogens is 1. The molecule has 5 nitrogen and oxygen atoms in total. The number of amides is 1. The van der Waals surface area contributed by atoms with Gasteiger partial charge in [-0.25, -0.2) is 8.42 Å². The number of hydrogen-bond donors (Lipinski definition) is 2. The monoisotopic (exact) mass is 420 g/mol. The lowest BCUT2D eigenvalue weighted by atomic mass is 9.78. The molecule has 3 rings (SSSR count). The lowest BCUT2D eigenvalue weighted by Gasteiger charge is -2.28. The van der Waals surface area contributed by atoms with Gasteiger partial charge in [0.25, 0.3) is 0 Å². The second-order valence-electron chi connectivity index (χ2n) is 7.29. The Morgan fingerprint density at radius 2 is 1.75 bits per heavy atom. The molecule has 1 aliphatic rings. The van der Waals surface area contributed by atoms with Gasteiger partial charge in [-0.05, 0) is 68.1 Å². The molecule has 0 aliphatic heterocycles. The van der Waals surface area contributed by atoms with Crippen LogP contribution in [-0.4, -0.2) is 20.1 Å². The van der Waals surface area contributed by atoms with Crippen LogP contribution in [0.3, 0.4) is 0 Å². The Kier molecular flexibility index (Phi) is 6.01. The first-order valence-corrected chi connectivity index (χ1v) is 11.5. The average Bonchev–Trinajstić information content (AvgIpc) is 3.16. The summed E-state index contributed by atoms with van der Waals surface area (Å²) in [6.07, 6.45) is 3.61. The van der Waals surface area contributed by atoms with Crippen LogP contribution in [0.2, 0.25) is 5.02 Å². The van der Waals surface area contributed by atoms with Crippen molar-refractivity contribution in [1.29, 1.82) is 0 Å². The van der Waals surface area contributed by atoms with Gasteiger partial charge in [0, 0.05) is 10.7 Å². The fraction of sp³-hybridized carbons (Fsp3) is 0.381. The number of carbonyl (C=O) groups is 1. The van der Waals surface area contributed by atoms with Crippen LogP contribution < -0.4 is 10.0 Å². The Morgan fingerprint density at radius 1 is 1.11 bits per heavy atom. The first-order valence-electron chi connectivity index (χ1n) is 9.44. The second-order valence-corrected chi connectivity index (χ2v) is 9.73. The molecule has 2 aromatic rings. The molecule has 0 radical (unpaired) electrons. The van der Waals surface area contributed by atoms with E-state index in [9.17, 15) is 13.2 Å². The van der Waals surface area contributed by atoms with Crippen molar-refractivity contribution in [1.82, 2.24) is 0 Å². The molecule has 0 aromatic heterocycles. The van der Waals surface area contributed by atoms with E-state index in [1.165, 1.54) is 0 Å². The van der Waals surface area contributed by atoms with Crippen molar-refractivity contribution < 1.29 is 13.2 Å². The van der Waals surface area contributed by atoms with Crippen LogP contribution in [0.1, 0.15) is 43.7 Å². The lowest BCUT2D eigenvalue weighted by molar-refractivity contribution is -0.121. The van der Waals surface area contributed by atoms with Crippen molar-refractivity contribution in [3.05, 3.63) is 58.6 Å². The number of hydrogen-bond acceptors (Lipinski definition) is 3. The molecule has 2 aromatic carbocycles. The third-order valence-corrected chi connectivity index (χ3v) is 6.96. The van der Waals surface area contributed by atoms with Crippen molar-refractivity contribution in [2.75, 3.05) is 15.8 Å². The van der Waals surface area contributed by atoms with Gasteiger partial charge in [0.1, 0.15) is 0 Å². The van der Waals surface area contributed by atoms with E-state index in [-0.39, 0.29) is 11.7 Å². The van der Waals surface area contributed by atoms with Gasteiger partial charge in [-0.3, -0.25) is 9.52 Å². The van der Waals surface area contributed by atoms with E-state index >= 15 is 0 Å². The number of nitrogens with one attached hydrogen (secondary N) is 2. The van der Waals surface area contributed by atoms with Gasteiger partial charge in [0.05, 0.1) is 16.9 Å². The van der Waals surface area contributed by atoms with Gasteiger partial charge in [-0.2, -0.15) is 0 Å². The summed E-state index contributed by atoms with van der Waals surface area (Å²) in [4.78, 5) is 13.2.